The third-order valence-electron chi connectivity index (χ3n) is 3.43. The second-order valence-electron chi connectivity index (χ2n) is 4.38. The van der Waals surface area contributed by atoms with Gasteiger partial charge < -0.3 is 0 Å². The molecule has 1 unspecified atom stereocenters. The molecule has 0 spiro atoms. The van der Waals surface area contributed by atoms with Crippen LogP contribution >= 0.6 is 0 Å². The molecule has 1 fully saturated rings. The van der Waals surface area contributed by atoms with Crippen molar-refractivity contribution in [2.45, 2.75) is 58.8 Å². The molecule has 0 aromatic rings. The molecule has 76 valence electrons. The summed E-state index contributed by atoms with van der Waals surface area (Å²) >= 11 is 0. The van der Waals surface area contributed by atoms with Gasteiger partial charge in [-0.05, 0) is 32.1 Å². The Labute approximate surface area is 81.9 Å². The van der Waals surface area contributed by atoms with E-state index in [1.165, 1.54) is 38.5 Å². The molecule has 1 nitrogen and oxygen atoms in total. The predicted octanol–water partition coefficient (Wildman–Crippen LogP) is 3.57. The Morgan fingerprint density at radius 1 is 1.23 bits per heavy atom. The standard InChI is InChI=1S/C12H22O/c1-3-12(10(2)13)11-8-6-4-5-7-9-11/h11-12H,3-9H2,1-2H3. The summed E-state index contributed by atoms with van der Waals surface area (Å²) in [7, 11) is 0. The molecule has 0 amide bonds. The number of hydrogen-bond acceptors (Lipinski definition) is 1. The molecule has 1 aliphatic rings. The second-order valence-corrected chi connectivity index (χ2v) is 4.38. The minimum absolute atomic E-state index is 0.359. The van der Waals surface area contributed by atoms with Gasteiger partial charge in [-0.1, -0.05) is 32.6 Å². The molecular weight excluding hydrogens is 160 g/mol. The quantitative estimate of drug-likeness (QED) is 0.610. The van der Waals surface area contributed by atoms with Gasteiger partial charge in [-0.25, -0.2) is 0 Å². The van der Waals surface area contributed by atoms with Crippen molar-refractivity contribution in [3.05, 3.63) is 0 Å². The normalized spacial score (nSPS) is 22.3. The SMILES string of the molecule is CCC(C(C)=O)C1CCCCCC1. The van der Waals surface area contributed by atoms with Crippen LogP contribution in [0.15, 0.2) is 0 Å². The van der Waals surface area contributed by atoms with Gasteiger partial charge in [0.1, 0.15) is 5.78 Å². The minimum Gasteiger partial charge on any atom is -0.300 e. The zero-order valence-electron chi connectivity index (χ0n) is 9.01. The molecule has 0 aliphatic heterocycles. The summed E-state index contributed by atoms with van der Waals surface area (Å²) in [5, 5.41) is 0. The summed E-state index contributed by atoms with van der Waals surface area (Å²) in [6, 6.07) is 0. The molecule has 0 aromatic heterocycles. The van der Waals surface area contributed by atoms with E-state index in [-0.39, 0.29) is 0 Å². The van der Waals surface area contributed by atoms with E-state index in [1.807, 2.05) is 0 Å². The topological polar surface area (TPSA) is 17.1 Å². The number of carbonyl (C=O) groups excluding carboxylic acids is 1. The van der Waals surface area contributed by atoms with E-state index in [1.54, 1.807) is 6.92 Å². The van der Waals surface area contributed by atoms with Gasteiger partial charge in [-0.15, -0.1) is 0 Å². The molecule has 1 atom stereocenters. The van der Waals surface area contributed by atoms with E-state index in [9.17, 15) is 4.79 Å². The first kappa shape index (κ1) is 10.7. The molecule has 1 aliphatic carbocycles. The summed E-state index contributed by atoms with van der Waals surface area (Å²) in [5.41, 5.74) is 0. The number of carbonyl (C=O) groups is 1. The van der Waals surface area contributed by atoms with Crippen molar-refractivity contribution < 1.29 is 4.79 Å². The average molecular weight is 182 g/mol. The molecule has 0 saturated heterocycles. The summed E-state index contributed by atoms with van der Waals surface area (Å²) in [6.45, 7) is 3.91. The lowest BCUT2D eigenvalue weighted by Crippen LogP contribution is -2.20. The molecule has 0 aromatic carbocycles. The van der Waals surface area contributed by atoms with Crippen molar-refractivity contribution in [2.75, 3.05) is 0 Å². The Bertz CT molecular complexity index is 155. The third kappa shape index (κ3) is 3.13. The van der Waals surface area contributed by atoms with E-state index < -0.39 is 0 Å². The van der Waals surface area contributed by atoms with Gasteiger partial charge >= 0.3 is 0 Å². The Morgan fingerprint density at radius 2 is 1.77 bits per heavy atom. The zero-order chi connectivity index (χ0) is 9.68. The van der Waals surface area contributed by atoms with Crippen molar-refractivity contribution in [3.8, 4) is 0 Å². The largest absolute Gasteiger partial charge is 0.300 e. The molecule has 0 heterocycles. The fraction of sp³-hybridized carbons (Fsp3) is 0.917. The monoisotopic (exact) mass is 182 g/mol. The van der Waals surface area contributed by atoms with Crippen LogP contribution in [0.25, 0.3) is 0 Å². The molecule has 1 saturated carbocycles. The van der Waals surface area contributed by atoms with Crippen LogP contribution in [0.3, 0.4) is 0 Å². The molecule has 1 rings (SSSR count). The van der Waals surface area contributed by atoms with Crippen LogP contribution in [-0.2, 0) is 4.79 Å². The van der Waals surface area contributed by atoms with Crippen molar-refractivity contribution in [1.29, 1.82) is 0 Å². The maximum Gasteiger partial charge on any atom is 0.133 e. The van der Waals surface area contributed by atoms with Gasteiger partial charge in [-0.3, -0.25) is 4.79 Å². The van der Waals surface area contributed by atoms with Crippen LogP contribution in [0.5, 0.6) is 0 Å². The van der Waals surface area contributed by atoms with Crippen LogP contribution in [0, 0.1) is 11.8 Å². The highest BCUT2D eigenvalue weighted by atomic mass is 16.1. The highest BCUT2D eigenvalue weighted by Gasteiger charge is 2.24. The molecule has 0 N–H and O–H groups in total. The highest BCUT2D eigenvalue weighted by molar-refractivity contribution is 5.78. The average Bonchev–Trinajstić information content (AvgIpc) is 2.33. The van der Waals surface area contributed by atoms with E-state index >= 15 is 0 Å². The van der Waals surface area contributed by atoms with Crippen molar-refractivity contribution in [1.82, 2.24) is 0 Å². The smallest absolute Gasteiger partial charge is 0.133 e. The predicted molar refractivity (Wildman–Crippen MR) is 55.7 cm³/mol. The summed E-state index contributed by atoms with van der Waals surface area (Å²) in [4.78, 5) is 11.4. The lowest BCUT2D eigenvalue weighted by molar-refractivity contribution is -0.122. The van der Waals surface area contributed by atoms with Crippen LogP contribution < -0.4 is 0 Å². The van der Waals surface area contributed by atoms with Gasteiger partial charge in [0.2, 0.25) is 0 Å². The number of Topliss-reactive ketones (excluding diaryl/α,β-unsaturated/α-hetero) is 1. The van der Waals surface area contributed by atoms with Gasteiger partial charge in [-0.2, -0.15) is 0 Å². The van der Waals surface area contributed by atoms with Gasteiger partial charge in [0.15, 0.2) is 0 Å². The summed E-state index contributed by atoms with van der Waals surface area (Å²) < 4.78 is 0. The number of rotatable bonds is 3. The number of ketones is 1. The van der Waals surface area contributed by atoms with Gasteiger partial charge in [0, 0.05) is 5.92 Å². The first-order valence-corrected chi connectivity index (χ1v) is 5.76. The molecule has 0 radical (unpaired) electrons. The number of hydrogen-bond donors (Lipinski definition) is 0. The summed E-state index contributed by atoms with van der Waals surface area (Å²) in [6.07, 6.45) is 9.06. The second kappa shape index (κ2) is 5.41. The third-order valence-corrected chi connectivity index (χ3v) is 3.43. The first-order valence-electron chi connectivity index (χ1n) is 5.76. The van der Waals surface area contributed by atoms with E-state index in [4.69, 9.17) is 0 Å². The lowest BCUT2D eigenvalue weighted by Gasteiger charge is -2.22. The van der Waals surface area contributed by atoms with E-state index in [0.717, 1.165) is 6.42 Å². The van der Waals surface area contributed by atoms with Crippen LogP contribution in [0.4, 0.5) is 0 Å². The Kier molecular flexibility index (Phi) is 4.47. The Balaban J connectivity index is 2.50. The van der Waals surface area contributed by atoms with Crippen molar-refractivity contribution in [2.24, 2.45) is 11.8 Å². The van der Waals surface area contributed by atoms with Crippen LogP contribution in [-0.4, -0.2) is 5.78 Å². The maximum atomic E-state index is 11.4. The van der Waals surface area contributed by atoms with Crippen molar-refractivity contribution in [3.63, 3.8) is 0 Å². The fourth-order valence-corrected chi connectivity index (χ4v) is 2.67. The summed E-state index contributed by atoms with van der Waals surface area (Å²) in [5.74, 6) is 1.47. The van der Waals surface area contributed by atoms with Gasteiger partial charge in [0.25, 0.3) is 0 Å². The molecule has 13 heavy (non-hydrogen) atoms. The minimum atomic E-state index is 0.359. The molecule has 0 bridgehead atoms. The van der Waals surface area contributed by atoms with E-state index in [0.29, 0.717) is 17.6 Å². The van der Waals surface area contributed by atoms with Crippen LogP contribution in [0.2, 0.25) is 0 Å². The highest BCUT2D eigenvalue weighted by Crippen LogP contribution is 2.31. The van der Waals surface area contributed by atoms with Crippen molar-refractivity contribution >= 4 is 5.78 Å². The molecule has 1 heteroatoms. The zero-order valence-corrected chi connectivity index (χ0v) is 9.01. The first-order chi connectivity index (χ1) is 6.25. The Hall–Kier alpha value is -0.330. The fourth-order valence-electron chi connectivity index (χ4n) is 2.67. The lowest BCUT2D eigenvalue weighted by atomic mass is 9.82. The maximum absolute atomic E-state index is 11.4. The van der Waals surface area contributed by atoms with E-state index in [2.05, 4.69) is 6.92 Å². The van der Waals surface area contributed by atoms with Crippen LogP contribution in [0.1, 0.15) is 58.8 Å². The van der Waals surface area contributed by atoms with Gasteiger partial charge in [0.05, 0.1) is 0 Å². The molecular formula is C12H22O. The Morgan fingerprint density at radius 3 is 2.15 bits per heavy atom.